The van der Waals surface area contributed by atoms with Gasteiger partial charge in [-0.15, -0.1) is 17.0 Å². The molecule has 3 rings (SSSR count). The lowest BCUT2D eigenvalue weighted by atomic mass is 9.93. The van der Waals surface area contributed by atoms with E-state index >= 15 is 0 Å². The van der Waals surface area contributed by atoms with E-state index in [1.54, 1.807) is 0 Å². The van der Waals surface area contributed by atoms with Gasteiger partial charge in [0, 0.05) is 24.6 Å². The molecule has 0 bridgehead atoms. The maximum Gasteiger partial charge on any atom is 0.182 e. The summed E-state index contributed by atoms with van der Waals surface area (Å²) < 4.78 is 0. The summed E-state index contributed by atoms with van der Waals surface area (Å²) in [6.07, 6.45) is 11.0. The van der Waals surface area contributed by atoms with E-state index in [2.05, 4.69) is 4.90 Å². The first kappa shape index (κ1) is 19.2. The summed E-state index contributed by atoms with van der Waals surface area (Å²) in [5.41, 5.74) is 0.822. The Kier molecular flexibility index (Phi) is 7.97. The number of carbonyl (C=O) groups is 1. The van der Waals surface area contributed by atoms with Crippen LogP contribution in [0, 0.1) is 0 Å². The van der Waals surface area contributed by atoms with Crippen LogP contribution < -0.4 is 0 Å². The molecule has 0 amide bonds. The van der Waals surface area contributed by atoms with Gasteiger partial charge in [0.05, 0.1) is 12.4 Å². The Morgan fingerprint density at radius 3 is 2.46 bits per heavy atom. The van der Waals surface area contributed by atoms with Crippen molar-refractivity contribution in [2.45, 2.75) is 63.8 Å². The lowest BCUT2D eigenvalue weighted by molar-refractivity contribution is 0.0934. The number of rotatable bonds is 4. The van der Waals surface area contributed by atoms with E-state index in [-0.39, 0.29) is 22.8 Å². The predicted molar refractivity (Wildman–Crippen MR) is 105 cm³/mol. The molecule has 0 atom stereocenters. The third-order valence-corrected chi connectivity index (χ3v) is 5.11. The Bertz CT molecular complexity index is 538. The van der Waals surface area contributed by atoms with Crippen LogP contribution >= 0.6 is 17.0 Å². The van der Waals surface area contributed by atoms with Crippen LogP contribution in [0.25, 0.3) is 0 Å². The Morgan fingerprint density at radius 2 is 1.71 bits per heavy atom. The molecule has 3 nitrogen and oxygen atoms in total. The van der Waals surface area contributed by atoms with Crippen molar-refractivity contribution in [1.29, 1.82) is 0 Å². The molecule has 1 saturated carbocycles. The third kappa shape index (κ3) is 5.17. The van der Waals surface area contributed by atoms with E-state index in [0.717, 1.165) is 18.5 Å². The topological polar surface area (TPSA) is 32.7 Å². The smallest absolute Gasteiger partial charge is 0.182 e. The first-order valence-electron chi connectivity index (χ1n) is 9.23. The standard InChI is InChI=1S/C20H28N2O.BrH/c23-19(17-10-4-1-5-11-17)16-22(18-12-6-2-7-13-18)20-14-8-3-9-15-21-20;/h1,4-5,10-11,18H,2-3,6-9,12-16H2;1H. The molecule has 1 aromatic carbocycles. The van der Waals surface area contributed by atoms with Gasteiger partial charge < -0.3 is 4.90 Å². The number of aliphatic imine (C=N–C) groups is 1. The van der Waals surface area contributed by atoms with E-state index < -0.39 is 0 Å². The van der Waals surface area contributed by atoms with E-state index in [0.29, 0.717) is 12.6 Å². The van der Waals surface area contributed by atoms with Crippen molar-refractivity contribution in [3.8, 4) is 0 Å². The van der Waals surface area contributed by atoms with Crippen molar-refractivity contribution in [2.24, 2.45) is 4.99 Å². The van der Waals surface area contributed by atoms with Gasteiger partial charge in [0.1, 0.15) is 0 Å². The quantitative estimate of drug-likeness (QED) is 0.671. The number of benzene rings is 1. The van der Waals surface area contributed by atoms with E-state index in [4.69, 9.17) is 4.99 Å². The van der Waals surface area contributed by atoms with E-state index in [1.165, 1.54) is 57.2 Å². The Labute approximate surface area is 156 Å². The molecule has 24 heavy (non-hydrogen) atoms. The lowest BCUT2D eigenvalue weighted by Gasteiger charge is -2.36. The fraction of sp³-hybridized carbons (Fsp3) is 0.600. The van der Waals surface area contributed by atoms with Crippen LogP contribution in [0.2, 0.25) is 0 Å². The zero-order valence-electron chi connectivity index (χ0n) is 14.5. The SMILES string of the molecule is Br.O=C(CN(C1=NCCCCC1)C1CCCCC1)c1ccccc1. The number of nitrogens with zero attached hydrogens (tertiary/aromatic N) is 2. The summed E-state index contributed by atoms with van der Waals surface area (Å²) >= 11 is 0. The second-order valence-corrected chi connectivity index (χ2v) is 6.82. The van der Waals surface area contributed by atoms with Gasteiger partial charge in [0.15, 0.2) is 5.78 Å². The van der Waals surface area contributed by atoms with E-state index in [9.17, 15) is 4.79 Å². The van der Waals surface area contributed by atoms with Gasteiger partial charge in [-0.3, -0.25) is 9.79 Å². The van der Waals surface area contributed by atoms with Gasteiger partial charge in [-0.05, 0) is 25.7 Å². The van der Waals surface area contributed by atoms with Crippen molar-refractivity contribution in [3.05, 3.63) is 35.9 Å². The fourth-order valence-corrected chi connectivity index (χ4v) is 3.79. The van der Waals surface area contributed by atoms with Gasteiger partial charge in [0.2, 0.25) is 0 Å². The summed E-state index contributed by atoms with van der Waals surface area (Å²) in [7, 11) is 0. The van der Waals surface area contributed by atoms with Crippen LogP contribution in [0.1, 0.15) is 68.1 Å². The highest BCUT2D eigenvalue weighted by Gasteiger charge is 2.26. The van der Waals surface area contributed by atoms with Crippen molar-refractivity contribution >= 4 is 28.6 Å². The number of amidine groups is 1. The molecule has 0 N–H and O–H groups in total. The van der Waals surface area contributed by atoms with Gasteiger partial charge in [-0.1, -0.05) is 56.0 Å². The molecular formula is C20H29BrN2O. The van der Waals surface area contributed by atoms with Gasteiger partial charge in [-0.25, -0.2) is 0 Å². The number of ketones is 1. The molecule has 0 spiro atoms. The summed E-state index contributed by atoms with van der Waals surface area (Å²) in [6.45, 7) is 1.42. The zero-order chi connectivity index (χ0) is 15.9. The highest BCUT2D eigenvalue weighted by atomic mass is 79.9. The summed E-state index contributed by atoms with van der Waals surface area (Å²) in [6, 6.07) is 10.2. The monoisotopic (exact) mass is 392 g/mol. The van der Waals surface area contributed by atoms with Gasteiger partial charge in [-0.2, -0.15) is 0 Å². The summed E-state index contributed by atoms with van der Waals surface area (Å²) in [5.74, 6) is 1.42. The maximum atomic E-state index is 12.7. The first-order chi connectivity index (χ1) is 11.3. The number of halogens is 1. The van der Waals surface area contributed by atoms with Crippen LogP contribution in [-0.4, -0.2) is 35.7 Å². The highest BCUT2D eigenvalue weighted by molar-refractivity contribution is 8.93. The number of hydrogen-bond acceptors (Lipinski definition) is 3. The molecule has 2 aliphatic rings. The van der Waals surface area contributed by atoms with Crippen molar-refractivity contribution < 1.29 is 4.79 Å². The molecule has 0 saturated heterocycles. The highest BCUT2D eigenvalue weighted by Crippen LogP contribution is 2.25. The number of carbonyl (C=O) groups excluding carboxylic acids is 1. The van der Waals surface area contributed by atoms with Crippen LogP contribution in [0.3, 0.4) is 0 Å². The first-order valence-corrected chi connectivity index (χ1v) is 9.23. The Balaban J connectivity index is 0.00000208. The van der Waals surface area contributed by atoms with Crippen molar-refractivity contribution in [1.82, 2.24) is 4.90 Å². The number of Topliss-reactive ketones (excluding diaryl/α,β-unsaturated/α-hetero) is 1. The molecule has 1 aliphatic heterocycles. The molecule has 1 aliphatic carbocycles. The largest absolute Gasteiger partial charge is 0.350 e. The predicted octanol–water partition coefficient (Wildman–Crippen LogP) is 5.05. The molecule has 1 fully saturated rings. The molecule has 132 valence electrons. The molecule has 0 unspecified atom stereocenters. The summed E-state index contributed by atoms with van der Waals surface area (Å²) in [5, 5.41) is 0. The lowest BCUT2D eigenvalue weighted by Crippen LogP contribution is -2.44. The number of hydrogen-bond donors (Lipinski definition) is 0. The molecule has 1 heterocycles. The van der Waals surface area contributed by atoms with Crippen LogP contribution in [-0.2, 0) is 0 Å². The minimum atomic E-state index is 0. The van der Waals surface area contributed by atoms with E-state index in [1.807, 2.05) is 30.3 Å². The van der Waals surface area contributed by atoms with Crippen molar-refractivity contribution in [2.75, 3.05) is 13.1 Å². The second kappa shape index (κ2) is 9.97. The molecule has 1 aromatic rings. The molecular weight excluding hydrogens is 364 g/mol. The van der Waals surface area contributed by atoms with Crippen LogP contribution in [0.15, 0.2) is 35.3 Å². The maximum absolute atomic E-state index is 12.7. The summed E-state index contributed by atoms with van der Waals surface area (Å²) in [4.78, 5) is 19.9. The molecule has 4 heteroatoms. The van der Waals surface area contributed by atoms with Crippen LogP contribution in [0.4, 0.5) is 0 Å². The average molecular weight is 393 g/mol. The zero-order valence-corrected chi connectivity index (χ0v) is 16.2. The Hall–Kier alpha value is -1.16. The molecule has 0 aromatic heterocycles. The van der Waals surface area contributed by atoms with Gasteiger partial charge >= 0.3 is 0 Å². The molecule has 0 radical (unpaired) electrons. The minimum Gasteiger partial charge on any atom is -0.350 e. The normalized spacial score (nSPS) is 18.9. The second-order valence-electron chi connectivity index (χ2n) is 6.82. The third-order valence-electron chi connectivity index (χ3n) is 5.11. The average Bonchev–Trinajstić information content (AvgIpc) is 2.90. The van der Waals surface area contributed by atoms with Crippen LogP contribution in [0.5, 0.6) is 0 Å². The minimum absolute atomic E-state index is 0. The fourth-order valence-electron chi connectivity index (χ4n) is 3.79. The van der Waals surface area contributed by atoms with Crippen molar-refractivity contribution in [3.63, 3.8) is 0 Å². The Morgan fingerprint density at radius 1 is 1.00 bits per heavy atom. The van der Waals surface area contributed by atoms with Gasteiger partial charge in [0.25, 0.3) is 0 Å².